The quantitative estimate of drug-likeness (QED) is 0.627. The predicted octanol–water partition coefficient (Wildman–Crippen LogP) is 5.28. The maximum atomic E-state index is 14.2. The van der Waals surface area contributed by atoms with Crippen LogP contribution >= 0.6 is 27.5 Å². The largest absolute Gasteiger partial charge is 0.494 e. The molecule has 1 nitrogen and oxygen atoms in total. The third-order valence-electron chi connectivity index (χ3n) is 3.40. The first-order valence-corrected chi connectivity index (χ1v) is 8.25. The summed E-state index contributed by atoms with van der Waals surface area (Å²) in [4.78, 5) is 0. The topological polar surface area (TPSA) is 9.23 Å². The molecule has 0 aliphatic rings. The number of benzene rings is 2. The molecule has 2 aromatic carbocycles. The van der Waals surface area contributed by atoms with Crippen molar-refractivity contribution in [2.75, 3.05) is 12.4 Å². The summed E-state index contributed by atoms with van der Waals surface area (Å²) in [6, 6.07) is 13.1. The Labute approximate surface area is 138 Å². The van der Waals surface area contributed by atoms with Crippen LogP contribution in [-0.2, 0) is 12.8 Å². The average Bonchev–Trinajstić information content (AvgIpc) is 2.48. The Morgan fingerprint density at radius 3 is 2.62 bits per heavy atom. The lowest BCUT2D eigenvalue weighted by atomic mass is 9.94. The highest BCUT2D eigenvalue weighted by Crippen LogP contribution is 2.25. The Hall–Kier alpha value is -1.06. The Bertz CT molecular complexity index is 603. The summed E-state index contributed by atoms with van der Waals surface area (Å²) in [7, 11) is 1.48. The molecule has 2 rings (SSSR count). The fraction of sp³-hybridized carbons (Fsp3) is 0.294. The van der Waals surface area contributed by atoms with Crippen molar-refractivity contribution in [2.45, 2.75) is 12.8 Å². The molecule has 112 valence electrons. The van der Waals surface area contributed by atoms with Crippen molar-refractivity contribution in [3.05, 3.63) is 64.4 Å². The first-order valence-electron chi connectivity index (χ1n) is 6.75. The summed E-state index contributed by atoms with van der Waals surface area (Å²) in [6.45, 7) is 0. The van der Waals surface area contributed by atoms with E-state index in [-0.39, 0.29) is 5.82 Å². The molecule has 0 aliphatic carbocycles. The highest BCUT2D eigenvalue weighted by Gasteiger charge is 2.15. The molecule has 4 heteroatoms. The summed E-state index contributed by atoms with van der Waals surface area (Å²) in [5.74, 6) is 0.325. The molecule has 0 amide bonds. The minimum Gasteiger partial charge on any atom is -0.494 e. The van der Waals surface area contributed by atoms with Gasteiger partial charge in [-0.25, -0.2) is 4.39 Å². The van der Waals surface area contributed by atoms with E-state index in [9.17, 15) is 4.39 Å². The van der Waals surface area contributed by atoms with E-state index in [1.807, 2.05) is 36.4 Å². The van der Waals surface area contributed by atoms with Gasteiger partial charge in [0, 0.05) is 10.4 Å². The molecule has 0 aliphatic heterocycles. The number of ether oxygens (including phenoxy) is 1. The smallest absolute Gasteiger partial charge is 0.168 e. The minimum absolute atomic E-state index is 0.267. The monoisotopic (exact) mass is 370 g/mol. The van der Waals surface area contributed by atoms with E-state index < -0.39 is 0 Å². The van der Waals surface area contributed by atoms with Gasteiger partial charge in [-0.15, -0.1) is 0 Å². The molecule has 21 heavy (non-hydrogen) atoms. The van der Waals surface area contributed by atoms with Gasteiger partial charge in [-0.05, 0) is 48.1 Å². The number of hydrogen-bond acceptors (Lipinski definition) is 1. The molecule has 0 spiro atoms. The second kappa shape index (κ2) is 7.81. The molecule has 0 fully saturated rings. The zero-order valence-corrected chi connectivity index (χ0v) is 14.1. The summed E-state index contributed by atoms with van der Waals surface area (Å²) in [6.07, 6.45) is 1.50. The standard InChI is InChI=1S/C17H17BrClFO/c1-21-16-7-3-5-14(17(16)20)9-13(11-18)8-12-4-2-6-15(19)10-12/h2-7,10,13H,8-9,11H2,1H3. The van der Waals surface area contributed by atoms with Crippen LogP contribution in [0, 0.1) is 11.7 Å². The Morgan fingerprint density at radius 2 is 1.95 bits per heavy atom. The van der Waals surface area contributed by atoms with Crippen molar-refractivity contribution in [2.24, 2.45) is 5.92 Å². The van der Waals surface area contributed by atoms with Gasteiger partial charge in [0.05, 0.1) is 7.11 Å². The molecule has 0 saturated heterocycles. The SMILES string of the molecule is COc1cccc(CC(CBr)Cc2cccc(Cl)c2)c1F. The highest BCUT2D eigenvalue weighted by molar-refractivity contribution is 9.09. The summed E-state index contributed by atoms with van der Waals surface area (Å²) >= 11 is 9.53. The maximum absolute atomic E-state index is 14.2. The van der Waals surface area contributed by atoms with Gasteiger partial charge >= 0.3 is 0 Å². The predicted molar refractivity (Wildman–Crippen MR) is 89.1 cm³/mol. The lowest BCUT2D eigenvalue weighted by Gasteiger charge is -2.16. The summed E-state index contributed by atoms with van der Waals surface area (Å²) in [5, 5.41) is 1.53. The van der Waals surface area contributed by atoms with E-state index in [1.165, 1.54) is 7.11 Å². The third kappa shape index (κ3) is 4.45. The van der Waals surface area contributed by atoms with Crippen LogP contribution in [0.4, 0.5) is 4.39 Å². The number of hydrogen-bond donors (Lipinski definition) is 0. The van der Waals surface area contributed by atoms with Crippen LogP contribution in [0.15, 0.2) is 42.5 Å². The molecule has 0 bridgehead atoms. The van der Waals surface area contributed by atoms with Crippen LogP contribution in [0.2, 0.25) is 5.02 Å². The van der Waals surface area contributed by atoms with Crippen molar-refractivity contribution >= 4 is 27.5 Å². The fourth-order valence-electron chi connectivity index (χ4n) is 2.36. The maximum Gasteiger partial charge on any atom is 0.168 e. The van der Waals surface area contributed by atoms with Crippen LogP contribution in [0.25, 0.3) is 0 Å². The van der Waals surface area contributed by atoms with Crippen LogP contribution in [0.3, 0.4) is 0 Å². The van der Waals surface area contributed by atoms with Gasteiger partial charge in [0.25, 0.3) is 0 Å². The van der Waals surface area contributed by atoms with Crippen LogP contribution in [0.5, 0.6) is 5.75 Å². The van der Waals surface area contributed by atoms with Crippen molar-refractivity contribution < 1.29 is 9.13 Å². The first kappa shape index (κ1) is 16.3. The fourth-order valence-corrected chi connectivity index (χ4v) is 3.03. The van der Waals surface area contributed by atoms with Gasteiger partial charge in [-0.3, -0.25) is 0 Å². The second-order valence-corrected chi connectivity index (χ2v) is 6.08. The average molecular weight is 372 g/mol. The van der Waals surface area contributed by atoms with Gasteiger partial charge in [-0.2, -0.15) is 0 Å². The van der Waals surface area contributed by atoms with E-state index in [1.54, 1.807) is 6.07 Å². The molecule has 1 atom stereocenters. The molecular weight excluding hydrogens is 355 g/mol. The number of halogens is 3. The Kier molecular flexibility index (Phi) is 6.07. The van der Waals surface area contributed by atoms with Crippen molar-refractivity contribution in [3.63, 3.8) is 0 Å². The Morgan fingerprint density at radius 1 is 1.19 bits per heavy atom. The van der Waals surface area contributed by atoms with E-state index >= 15 is 0 Å². The van der Waals surface area contributed by atoms with Gasteiger partial charge in [0.1, 0.15) is 0 Å². The minimum atomic E-state index is -0.267. The summed E-state index contributed by atoms with van der Waals surface area (Å²) in [5.41, 5.74) is 1.84. The lowest BCUT2D eigenvalue weighted by molar-refractivity contribution is 0.382. The normalized spacial score (nSPS) is 12.2. The molecule has 0 heterocycles. The van der Waals surface area contributed by atoms with E-state index in [4.69, 9.17) is 16.3 Å². The van der Waals surface area contributed by atoms with Crippen molar-refractivity contribution in [1.82, 2.24) is 0 Å². The van der Waals surface area contributed by atoms with E-state index in [0.717, 1.165) is 22.3 Å². The summed E-state index contributed by atoms with van der Waals surface area (Å²) < 4.78 is 19.2. The molecule has 0 saturated carbocycles. The van der Waals surface area contributed by atoms with E-state index in [2.05, 4.69) is 15.9 Å². The van der Waals surface area contributed by atoms with E-state index in [0.29, 0.717) is 23.7 Å². The number of rotatable bonds is 6. The van der Waals surface area contributed by atoms with Crippen molar-refractivity contribution in [3.8, 4) is 5.75 Å². The van der Waals surface area contributed by atoms with Gasteiger partial charge in [-0.1, -0.05) is 51.8 Å². The Balaban J connectivity index is 2.12. The number of methoxy groups -OCH3 is 1. The zero-order valence-electron chi connectivity index (χ0n) is 11.8. The van der Waals surface area contributed by atoms with Gasteiger partial charge < -0.3 is 4.74 Å². The molecule has 0 aromatic heterocycles. The molecule has 0 N–H and O–H groups in total. The van der Waals surface area contributed by atoms with Gasteiger partial charge in [0.2, 0.25) is 0 Å². The van der Waals surface area contributed by atoms with Crippen LogP contribution in [0.1, 0.15) is 11.1 Å². The third-order valence-corrected chi connectivity index (χ3v) is 4.55. The number of alkyl halides is 1. The second-order valence-electron chi connectivity index (χ2n) is 4.99. The van der Waals surface area contributed by atoms with Crippen molar-refractivity contribution in [1.29, 1.82) is 0 Å². The van der Waals surface area contributed by atoms with Crippen LogP contribution in [-0.4, -0.2) is 12.4 Å². The first-order chi connectivity index (χ1) is 10.1. The molecular formula is C17H17BrClFO. The molecule has 0 radical (unpaired) electrons. The molecule has 2 aromatic rings. The molecule has 1 unspecified atom stereocenters. The lowest BCUT2D eigenvalue weighted by Crippen LogP contribution is -2.11. The van der Waals surface area contributed by atoms with Gasteiger partial charge in [0.15, 0.2) is 11.6 Å². The van der Waals surface area contributed by atoms with Crippen LogP contribution < -0.4 is 4.74 Å². The highest BCUT2D eigenvalue weighted by atomic mass is 79.9. The zero-order chi connectivity index (χ0) is 15.2.